The van der Waals surface area contributed by atoms with Gasteiger partial charge in [0.05, 0.1) is 11.4 Å². The van der Waals surface area contributed by atoms with Gasteiger partial charge in [0.15, 0.2) is 0 Å². The molecule has 6 heteroatoms. The van der Waals surface area contributed by atoms with Crippen molar-refractivity contribution in [2.75, 3.05) is 0 Å². The van der Waals surface area contributed by atoms with E-state index in [4.69, 9.17) is 4.52 Å². The third kappa shape index (κ3) is 2.36. The summed E-state index contributed by atoms with van der Waals surface area (Å²) in [5.41, 5.74) is 3.52. The first-order valence-electron chi connectivity index (χ1n) is 7.28. The molecular formula is C16H18N4O2. The second kappa shape index (κ2) is 5.63. The molecule has 0 bridgehead atoms. The molecule has 0 aliphatic rings. The number of aryl methyl sites for hydroxylation is 3. The number of nitrogens with one attached hydrogen (secondary N) is 1. The zero-order chi connectivity index (χ0) is 15.7. The van der Waals surface area contributed by atoms with Crippen LogP contribution < -0.4 is 5.69 Å². The molecule has 2 aromatic heterocycles. The van der Waals surface area contributed by atoms with E-state index in [-0.39, 0.29) is 5.69 Å². The average Bonchev–Trinajstić information content (AvgIpc) is 3.04. The van der Waals surface area contributed by atoms with Crippen molar-refractivity contribution in [2.24, 2.45) is 0 Å². The lowest BCUT2D eigenvalue weighted by Crippen LogP contribution is -2.18. The molecule has 22 heavy (non-hydrogen) atoms. The Morgan fingerprint density at radius 3 is 2.73 bits per heavy atom. The van der Waals surface area contributed by atoms with Gasteiger partial charge in [-0.3, -0.25) is 0 Å². The third-order valence-corrected chi connectivity index (χ3v) is 3.87. The van der Waals surface area contributed by atoms with Crippen molar-refractivity contribution in [2.45, 2.75) is 33.6 Å². The van der Waals surface area contributed by atoms with Gasteiger partial charge in [-0.25, -0.2) is 14.5 Å². The highest BCUT2D eigenvalue weighted by Gasteiger charge is 2.17. The quantitative estimate of drug-likeness (QED) is 0.802. The first kappa shape index (κ1) is 14.3. The predicted octanol–water partition coefficient (Wildman–Crippen LogP) is 2.32. The van der Waals surface area contributed by atoms with Gasteiger partial charge < -0.3 is 4.52 Å². The number of benzene rings is 1. The zero-order valence-corrected chi connectivity index (χ0v) is 12.9. The lowest BCUT2D eigenvalue weighted by atomic mass is 10.1. The molecule has 0 aliphatic carbocycles. The fourth-order valence-electron chi connectivity index (χ4n) is 2.64. The van der Waals surface area contributed by atoms with Crippen LogP contribution in [0.5, 0.6) is 0 Å². The number of para-hydroxylation sites is 1. The van der Waals surface area contributed by atoms with Crippen LogP contribution in [0.3, 0.4) is 0 Å². The Morgan fingerprint density at radius 2 is 2.05 bits per heavy atom. The van der Waals surface area contributed by atoms with E-state index in [1.54, 1.807) is 4.57 Å². The molecule has 6 nitrogen and oxygen atoms in total. The van der Waals surface area contributed by atoms with Crippen molar-refractivity contribution in [3.63, 3.8) is 0 Å². The van der Waals surface area contributed by atoms with Gasteiger partial charge in [0.2, 0.25) is 0 Å². The Kier molecular flexibility index (Phi) is 3.66. The highest BCUT2D eigenvalue weighted by atomic mass is 16.5. The molecule has 0 saturated heterocycles. The maximum absolute atomic E-state index is 12.2. The van der Waals surface area contributed by atoms with E-state index in [2.05, 4.69) is 22.3 Å². The van der Waals surface area contributed by atoms with E-state index < -0.39 is 0 Å². The fourth-order valence-corrected chi connectivity index (χ4v) is 2.64. The van der Waals surface area contributed by atoms with E-state index in [0.717, 1.165) is 34.7 Å². The summed E-state index contributed by atoms with van der Waals surface area (Å²) in [5.74, 6) is 1.41. The number of H-pyrrole nitrogens is 1. The highest BCUT2D eigenvalue weighted by Crippen LogP contribution is 2.19. The molecular weight excluding hydrogens is 280 g/mol. The minimum absolute atomic E-state index is 0.234. The second-order valence-electron chi connectivity index (χ2n) is 5.24. The standard InChI is InChI=1S/C16H18N4O2/c1-4-12-7-5-6-8-14(12)20-15(17-18-16(20)21)9-13-10(2)19-22-11(13)3/h5-8H,4,9H2,1-3H3,(H,18,21). The van der Waals surface area contributed by atoms with Gasteiger partial charge in [0, 0.05) is 12.0 Å². The molecule has 0 aliphatic heterocycles. The summed E-state index contributed by atoms with van der Waals surface area (Å²) >= 11 is 0. The number of aromatic nitrogens is 4. The predicted molar refractivity (Wildman–Crippen MR) is 82.3 cm³/mol. The van der Waals surface area contributed by atoms with Gasteiger partial charge in [0.25, 0.3) is 0 Å². The Hall–Kier alpha value is -2.63. The molecule has 0 atom stereocenters. The maximum Gasteiger partial charge on any atom is 0.347 e. The lowest BCUT2D eigenvalue weighted by molar-refractivity contribution is 0.392. The smallest absolute Gasteiger partial charge is 0.347 e. The normalized spacial score (nSPS) is 11.0. The van der Waals surface area contributed by atoms with Crippen LogP contribution in [0, 0.1) is 13.8 Å². The van der Waals surface area contributed by atoms with Gasteiger partial charge in [-0.2, -0.15) is 5.10 Å². The van der Waals surface area contributed by atoms with Crippen molar-refractivity contribution >= 4 is 0 Å². The van der Waals surface area contributed by atoms with Crippen LogP contribution in [0.1, 0.15) is 35.3 Å². The van der Waals surface area contributed by atoms with Gasteiger partial charge >= 0.3 is 5.69 Å². The highest BCUT2D eigenvalue weighted by molar-refractivity contribution is 5.42. The summed E-state index contributed by atoms with van der Waals surface area (Å²) in [4.78, 5) is 12.2. The van der Waals surface area contributed by atoms with Crippen molar-refractivity contribution in [3.8, 4) is 5.69 Å². The summed E-state index contributed by atoms with van der Waals surface area (Å²) in [5, 5.41) is 10.7. The van der Waals surface area contributed by atoms with Crippen LogP contribution in [0.2, 0.25) is 0 Å². The van der Waals surface area contributed by atoms with Crippen molar-refractivity contribution < 1.29 is 4.52 Å². The topological polar surface area (TPSA) is 76.7 Å². The van der Waals surface area contributed by atoms with Crippen molar-refractivity contribution in [1.29, 1.82) is 0 Å². The zero-order valence-electron chi connectivity index (χ0n) is 12.9. The van der Waals surface area contributed by atoms with E-state index >= 15 is 0 Å². The van der Waals surface area contributed by atoms with Gasteiger partial charge in [0.1, 0.15) is 11.6 Å². The van der Waals surface area contributed by atoms with Gasteiger partial charge in [-0.1, -0.05) is 30.3 Å². The molecule has 3 aromatic rings. The molecule has 0 fully saturated rings. The molecule has 0 amide bonds. The lowest BCUT2D eigenvalue weighted by Gasteiger charge is -2.10. The Labute approximate surface area is 127 Å². The molecule has 3 rings (SSSR count). The number of hydrogen-bond acceptors (Lipinski definition) is 4. The number of rotatable bonds is 4. The van der Waals surface area contributed by atoms with Gasteiger partial charge in [-0.05, 0) is 31.9 Å². The van der Waals surface area contributed by atoms with E-state index in [9.17, 15) is 4.79 Å². The summed E-state index contributed by atoms with van der Waals surface area (Å²) in [6.07, 6.45) is 1.34. The van der Waals surface area contributed by atoms with Crippen LogP contribution >= 0.6 is 0 Å². The average molecular weight is 298 g/mol. The molecule has 0 unspecified atom stereocenters. The van der Waals surface area contributed by atoms with Crippen LogP contribution in [-0.2, 0) is 12.8 Å². The monoisotopic (exact) mass is 298 g/mol. The van der Waals surface area contributed by atoms with E-state index in [0.29, 0.717) is 12.2 Å². The Morgan fingerprint density at radius 1 is 1.27 bits per heavy atom. The maximum atomic E-state index is 12.2. The van der Waals surface area contributed by atoms with Crippen molar-refractivity contribution in [3.05, 3.63) is 63.2 Å². The molecule has 2 heterocycles. The summed E-state index contributed by atoms with van der Waals surface area (Å²) in [6.45, 7) is 5.82. The Bertz CT molecular complexity index is 838. The molecule has 0 saturated carbocycles. The van der Waals surface area contributed by atoms with Gasteiger partial charge in [-0.15, -0.1) is 0 Å². The first-order chi connectivity index (χ1) is 10.6. The van der Waals surface area contributed by atoms with Crippen LogP contribution in [0.4, 0.5) is 0 Å². The summed E-state index contributed by atoms with van der Waals surface area (Å²) in [6, 6.07) is 7.86. The Balaban J connectivity index is 2.11. The SMILES string of the molecule is CCc1ccccc1-n1c(Cc2c(C)noc2C)n[nH]c1=O. The van der Waals surface area contributed by atoms with E-state index in [1.165, 1.54) is 0 Å². The summed E-state index contributed by atoms with van der Waals surface area (Å²) in [7, 11) is 0. The minimum atomic E-state index is -0.234. The second-order valence-corrected chi connectivity index (χ2v) is 5.24. The molecule has 1 N–H and O–H groups in total. The number of hydrogen-bond donors (Lipinski definition) is 1. The first-order valence-corrected chi connectivity index (χ1v) is 7.28. The molecule has 1 aromatic carbocycles. The van der Waals surface area contributed by atoms with Crippen LogP contribution in [0.15, 0.2) is 33.6 Å². The van der Waals surface area contributed by atoms with Crippen molar-refractivity contribution in [1.82, 2.24) is 19.9 Å². The fraction of sp³-hybridized carbons (Fsp3) is 0.312. The number of nitrogens with zero attached hydrogens (tertiary/aromatic N) is 3. The molecule has 0 spiro atoms. The minimum Gasteiger partial charge on any atom is -0.361 e. The third-order valence-electron chi connectivity index (χ3n) is 3.87. The van der Waals surface area contributed by atoms with Crippen LogP contribution in [-0.4, -0.2) is 19.9 Å². The largest absolute Gasteiger partial charge is 0.361 e. The molecule has 114 valence electrons. The number of aromatic amines is 1. The summed E-state index contributed by atoms with van der Waals surface area (Å²) < 4.78 is 6.82. The molecule has 0 radical (unpaired) electrons. The van der Waals surface area contributed by atoms with Crippen LogP contribution in [0.25, 0.3) is 5.69 Å². The van der Waals surface area contributed by atoms with E-state index in [1.807, 2.05) is 38.1 Å².